The summed E-state index contributed by atoms with van der Waals surface area (Å²) in [5, 5.41) is 12.8. The zero-order chi connectivity index (χ0) is 12.4. The van der Waals surface area contributed by atoms with Crippen LogP contribution in [0.3, 0.4) is 0 Å². The van der Waals surface area contributed by atoms with E-state index in [9.17, 15) is 5.11 Å². The Hall–Kier alpha value is 0.130. The van der Waals surface area contributed by atoms with E-state index in [-0.39, 0.29) is 0 Å². The first-order chi connectivity index (χ1) is 8.09. The van der Waals surface area contributed by atoms with E-state index >= 15 is 0 Å². The van der Waals surface area contributed by atoms with Gasteiger partial charge in [0.15, 0.2) is 0 Å². The van der Waals surface area contributed by atoms with Crippen LogP contribution in [0.25, 0.3) is 0 Å². The Kier molecular flexibility index (Phi) is 4.66. The summed E-state index contributed by atoms with van der Waals surface area (Å²) in [7, 11) is 0. The highest BCUT2D eigenvalue weighted by atomic mass is 79.9. The molecule has 0 saturated heterocycles. The molecule has 17 heavy (non-hydrogen) atoms. The number of benzene rings is 1. The largest absolute Gasteiger partial charge is 0.388 e. The summed E-state index contributed by atoms with van der Waals surface area (Å²) < 4.78 is 1.84. The molecule has 0 radical (unpaired) electrons. The molecule has 0 fully saturated rings. The van der Waals surface area contributed by atoms with E-state index in [1.807, 2.05) is 29.6 Å². The minimum Gasteiger partial charge on any atom is -0.388 e. The fraction of sp³-hybridized carbons (Fsp3) is 0.167. The van der Waals surface area contributed by atoms with E-state index in [0.29, 0.717) is 11.4 Å². The van der Waals surface area contributed by atoms with Gasteiger partial charge in [-0.25, -0.2) is 0 Å². The maximum atomic E-state index is 10.2. The van der Waals surface area contributed by atoms with E-state index in [1.165, 1.54) is 0 Å². The zero-order valence-corrected chi connectivity index (χ0v) is 13.4. The molecular weight excluding hydrogens is 387 g/mol. The van der Waals surface area contributed by atoms with Gasteiger partial charge in [0.25, 0.3) is 0 Å². The second-order valence-corrected chi connectivity index (χ2v) is 6.64. The Labute approximate surface area is 126 Å². The van der Waals surface area contributed by atoms with E-state index in [2.05, 4.69) is 31.9 Å². The van der Waals surface area contributed by atoms with Crippen molar-refractivity contribution in [2.75, 3.05) is 0 Å². The van der Waals surface area contributed by atoms with Gasteiger partial charge in [-0.2, -0.15) is 0 Å². The highest BCUT2D eigenvalue weighted by molar-refractivity contribution is 9.10. The lowest BCUT2D eigenvalue weighted by Crippen LogP contribution is -2.02. The monoisotopic (exact) mass is 394 g/mol. The third-order valence-corrected chi connectivity index (χ3v) is 5.67. The van der Waals surface area contributed by atoms with Gasteiger partial charge in [-0.05, 0) is 49.4 Å². The minimum absolute atomic E-state index is 0.564. The Bertz CT molecular complexity index is 527. The summed E-state index contributed by atoms with van der Waals surface area (Å²) in [5.41, 5.74) is 0.751. The summed E-state index contributed by atoms with van der Waals surface area (Å²) >= 11 is 14.6. The van der Waals surface area contributed by atoms with Crippen molar-refractivity contribution in [2.24, 2.45) is 0 Å². The topological polar surface area (TPSA) is 20.2 Å². The Balaban J connectivity index is 2.23. The lowest BCUT2D eigenvalue weighted by Gasteiger charge is -2.13. The molecule has 1 aromatic heterocycles. The van der Waals surface area contributed by atoms with Crippen molar-refractivity contribution in [3.8, 4) is 0 Å². The van der Waals surface area contributed by atoms with Crippen LogP contribution in [0.15, 0.2) is 38.6 Å². The van der Waals surface area contributed by atoms with Gasteiger partial charge in [-0.3, -0.25) is 0 Å². The van der Waals surface area contributed by atoms with Crippen molar-refractivity contribution in [1.82, 2.24) is 0 Å². The fourth-order valence-electron chi connectivity index (χ4n) is 1.53. The van der Waals surface area contributed by atoms with Gasteiger partial charge in [0.2, 0.25) is 0 Å². The van der Waals surface area contributed by atoms with Gasteiger partial charge in [-0.15, -0.1) is 11.3 Å². The molecule has 1 aromatic carbocycles. The van der Waals surface area contributed by atoms with E-state index in [4.69, 9.17) is 11.6 Å². The number of aliphatic hydroxyl groups excluding tert-OH is 1. The molecule has 1 N–H and O–H groups in total. The Morgan fingerprint density at radius 3 is 2.65 bits per heavy atom. The van der Waals surface area contributed by atoms with Crippen molar-refractivity contribution >= 4 is 54.8 Å². The number of thiophene rings is 1. The molecule has 90 valence electrons. The fourth-order valence-corrected chi connectivity index (χ4v) is 3.72. The molecule has 0 bridgehead atoms. The van der Waals surface area contributed by atoms with Crippen molar-refractivity contribution in [1.29, 1.82) is 0 Å². The highest BCUT2D eigenvalue weighted by Gasteiger charge is 2.15. The van der Waals surface area contributed by atoms with Crippen LogP contribution in [0.4, 0.5) is 0 Å². The van der Waals surface area contributed by atoms with Gasteiger partial charge >= 0.3 is 0 Å². The first-order valence-electron chi connectivity index (χ1n) is 4.93. The third-order valence-electron chi connectivity index (χ3n) is 2.41. The van der Waals surface area contributed by atoms with Crippen molar-refractivity contribution in [3.63, 3.8) is 0 Å². The summed E-state index contributed by atoms with van der Waals surface area (Å²) in [4.78, 5) is 1.12. The van der Waals surface area contributed by atoms with Gasteiger partial charge in [0, 0.05) is 25.8 Å². The standard InChI is InChI=1S/C12H9Br2ClOS/c13-8-4-5-17-11(8)6-10(16)7-2-1-3-9(14)12(7)15/h1-5,10,16H,6H2. The van der Waals surface area contributed by atoms with Crippen LogP contribution in [-0.2, 0) is 6.42 Å². The molecule has 0 saturated carbocycles. The second kappa shape index (κ2) is 5.85. The predicted octanol–water partition coefficient (Wildman–Crippen LogP) is 5.20. The molecular formula is C12H9Br2ClOS. The molecule has 2 rings (SSSR count). The van der Waals surface area contributed by atoms with Crippen LogP contribution in [0, 0.1) is 0 Å². The summed E-state index contributed by atoms with van der Waals surface area (Å²) in [5.74, 6) is 0. The average molecular weight is 397 g/mol. The average Bonchev–Trinajstić information content (AvgIpc) is 2.68. The van der Waals surface area contributed by atoms with Crippen LogP contribution < -0.4 is 0 Å². The maximum Gasteiger partial charge on any atom is 0.0853 e. The normalized spacial score (nSPS) is 12.7. The maximum absolute atomic E-state index is 10.2. The molecule has 1 nitrogen and oxygen atoms in total. The van der Waals surface area contributed by atoms with Crippen LogP contribution in [0.1, 0.15) is 16.5 Å². The zero-order valence-electron chi connectivity index (χ0n) is 8.66. The Morgan fingerprint density at radius 2 is 2.00 bits per heavy atom. The van der Waals surface area contributed by atoms with Crippen molar-refractivity contribution < 1.29 is 5.11 Å². The smallest absolute Gasteiger partial charge is 0.0853 e. The number of hydrogen-bond acceptors (Lipinski definition) is 2. The van der Waals surface area contributed by atoms with Gasteiger partial charge < -0.3 is 5.11 Å². The number of rotatable bonds is 3. The summed E-state index contributed by atoms with van der Waals surface area (Å²) in [6, 6.07) is 7.56. The SMILES string of the molecule is OC(Cc1sccc1Br)c1cccc(Br)c1Cl. The number of halogens is 3. The van der Waals surface area contributed by atoms with Gasteiger partial charge in [0.05, 0.1) is 11.1 Å². The molecule has 0 aliphatic heterocycles. The van der Waals surface area contributed by atoms with Crippen LogP contribution >= 0.6 is 54.8 Å². The van der Waals surface area contributed by atoms with Crippen LogP contribution in [0.5, 0.6) is 0 Å². The quantitative estimate of drug-likeness (QED) is 0.756. The lowest BCUT2D eigenvalue weighted by atomic mass is 10.1. The molecule has 0 spiro atoms. The van der Waals surface area contributed by atoms with Crippen LogP contribution in [-0.4, -0.2) is 5.11 Å². The molecule has 1 unspecified atom stereocenters. The molecule has 0 aliphatic carbocycles. The van der Waals surface area contributed by atoms with Crippen molar-refractivity contribution in [2.45, 2.75) is 12.5 Å². The first-order valence-corrected chi connectivity index (χ1v) is 7.78. The molecule has 2 aromatic rings. The first kappa shape index (κ1) is 13.6. The van der Waals surface area contributed by atoms with E-state index in [1.54, 1.807) is 11.3 Å². The molecule has 1 heterocycles. The van der Waals surface area contributed by atoms with Gasteiger partial charge in [0.1, 0.15) is 0 Å². The van der Waals surface area contributed by atoms with E-state index < -0.39 is 6.10 Å². The Morgan fingerprint density at radius 1 is 1.24 bits per heavy atom. The third kappa shape index (κ3) is 3.12. The number of hydrogen-bond donors (Lipinski definition) is 1. The van der Waals surface area contributed by atoms with E-state index in [0.717, 1.165) is 19.4 Å². The second-order valence-electron chi connectivity index (χ2n) is 3.55. The molecule has 0 aliphatic rings. The number of aliphatic hydroxyl groups is 1. The molecule has 0 amide bonds. The highest BCUT2D eigenvalue weighted by Crippen LogP contribution is 2.34. The lowest BCUT2D eigenvalue weighted by molar-refractivity contribution is 0.179. The minimum atomic E-state index is -0.588. The summed E-state index contributed by atoms with van der Waals surface area (Å²) in [6.45, 7) is 0. The summed E-state index contributed by atoms with van der Waals surface area (Å²) in [6.07, 6.45) is -0.0241. The van der Waals surface area contributed by atoms with Crippen LogP contribution in [0.2, 0.25) is 5.02 Å². The molecule has 5 heteroatoms. The predicted molar refractivity (Wildman–Crippen MR) is 79.8 cm³/mol. The molecule has 1 atom stereocenters. The van der Waals surface area contributed by atoms with Crippen molar-refractivity contribution in [3.05, 3.63) is 54.1 Å². The van der Waals surface area contributed by atoms with Gasteiger partial charge in [-0.1, -0.05) is 23.7 Å².